The molecule has 222 valence electrons. The molecule has 11 heteroatoms. The van der Waals surface area contributed by atoms with E-state index in [4.69, 9.17) is 4.74 Å². The van der Waals surface area contributed by atoms with Gasteiger partial charge in [-0.25, -0.2) is 4.39 Å². The summed E-state index contributed by atoms with van der Waals surface area (Å²) in [4.78, 5) is 41.3. The van der Waals surface area contributed by atoms with E-state index in [1.807, 2.05) is 6.92 Å². The Morgan fingerprint density at radius 3 is 2.46 bits per heavy atom. The third-order valence-electron chi connectivity index (χ3n) is 7.76. The monoisotopic (exact) mass is 570 g/mol. The number of benzene rings is 2. The Hall–Kier alpha value is -3.70. The summed E-state index contributed by atoms with van der Waals surface area (Å²) in [6.45, 7) is 3.98. The van der Waals surface area contributed by atoms with Crippen molar-refractivity contribution in [3.63, 3.8) is 0 Å². The minimum absolute atomic E-state index is 0.0783. The summed E-state index contributed by atoms with van der Waals surface area (Å²) in [6, 6.07) is 8.09. The second kappa shape index (κ2) is 13.3. The van der Waals surface area contributed by atoms with Crippen LogP contribution >= 0.6 is 0 Å². The predicted octanol–water partition coefficient (Wildman–Crippen LogP) is 1.27. The van der Waals surface area contributed by atoms with Crippen LogP contribution in [0.3, 0.4) is 0 Å². The first kappa shape index (κ1) is 30.3. The van der Waals surface area contributed by atoms with Gasteiger partial charge in [-0.15, -0.1) is 0 Å². The number of aromatic hydroxyl groups is 1. The predicted molar refractivity (Wildman–Crippen MR) is 150 cm³/mol. The first-order chi connectivity index (χ1) is 19.5. The molecule has 2 unspecified atom stereocenters. The van der Waals surface area contributed by atoms with E-state index >= 15 is 0 Å². The van der Waals surface area contributed by atoms with Gasteiger partial charge in [0.2, 0.25) is 17.7 Å². The van der Waals surface area contributed by atoms with Gasteiger partial charge in [0.05, 0.1) is 12.1 Å². The van der Waals surface area contributed by atoms with Crippen molar-refractivity contribution in [2.24, 2.45) is 5.92 Å². The van der Waals surface area contributed by atoms with Crippen molar-refractivity contribution in [2.45, 2.75) is 69.9 Å². The minimum Gasteiger partial charge on any atom is -0.508 e. The molecule has 2 aromatic rings. The van der Waals surface area contributed by atoms with Crippen LogP contribution in [0.5, 0.6) is 11.5 Å². The lowest BCUT2D eigenvalue weighted by molar-refractivity contribution is -0.141. The number of carbonyl (C=O) groups excluding carboxylic acids is 3. The number of amides is 3. The normalized spacial score (nSPS) is 28.4. The van der Waals surface area contributed by atoms with Crippen molar-refractivity contribution < 1.29 is 33.7 Å². The highest BCUT2D eigenvalue weighted by molar-refractivity contribution is 5.93. The topological polar surface area (TPSA) is 140 Å². The molecule has 10 nitrogen and oxygen atoms in total. The molecule has 0 aromatic heterocycles. The number of halogens is 1. The molecule has 1 saturated carbocycles. The van der Waals surface area contributed by atoms with Crippen LogP contribution in [-0.4, -0.2) is 83.3 Å². The van der Waals surface area contributed by atoms with E-state index in [2.05, 4.69) is 16.0 Å². The molecular weight excluding hydrogens is 531 g/mol. The molecule has 2 aliphatic rings. The SMILES string of the molecule is C[C@@H]1CN[C@@H](C2CC2O)C(=O)N(C)[C@H](C)C(=O)N[C@H](Cc2ccc(F)cc2)C(=O)NCCCc2c(O)cccc2O1. The summed E-state index contributed by atoms with van der Waals surface area (Å²) < 4.78 is 19.6. The summed E-state index contributed by atoms with van der Waals surface area (Å²) in [5.41, 5.74) is 1.26. The van der Waals surface area contributed by atoms with E-state index in [0.29, 0.717) is 42.7 Å². The number of hydrogen-bond donors (Lipinski definition) is 5. The van der Waals surface area contributed by atoms with Crippen LogP contribution in [0, 0.1) is 11.7 Å². The van der Waals surface area contributed by atoms with Crippen molar-refractivity contribution in [3.05, 3.63) is 59.4 Å². The highest BCUT2D eigenvalue weighted by Gasteiger charge is 2.46. The van der Waals surface area contributed by atoms with Crippen LogP contribution in [-0.2, 0) is 27.2 Å². The number of ether oxygens (including phenoxy) is 1. The minimum atomic E-state index is -0.971. The summed E-state index contributed by atoms with van der Waals surface area (Å²) in [7, 11) is 1.52. The Labute approximate surface area is 239 Å². The van der Waals surface area contributed by atoms with Gasteiger partial charge in [-0.05, 0) is 62.9 Å². The number of hydrogen-bond acceptors (Lipinski definition) is 7. The Kier molecular flexibility index (Phi) is 9.82. The molecular formula is C30H39FN4O6. The quantitative estimate of drug-likeness (QED) is 0.375. The first-order valence-corrected chi connectivity index (χ1v) is 14.0. The van der Waals surface area contributed by atoms with Crippen LogP contribution in [0.25, 0.3) is 0 Å². The molecule has 0 spiro atoms. The number of carbonyl (C=O) groups is 3. The number of likely N-dealkylation sites (N-methyl/N-ethyl adjacent to an activating group) is 1. The van der Waals surface area contributed by atoms with Gasteiger partial charge in [0, 0.05) is 38.0 Å². The maximum absolute atomic E-state index is 13.5. The standard InChI is InChI=1S/C30H39FN4O6/c1-17-16-33-27(22-15-25(22)37)30(40)35(3)18(2)28(38)34-23(14-19-9-11-20(31)12-10-19)29(39)32-13-5-6-21-24(36)7-4-8-26(21)41-17/h4,7-12,17-18,22-23,25,27,33,36-37H,5-6,13-16H2,1-3H3,(H,32,39)(H,34,38)/t17-,18-,22?,23-,25?,27+/m1/s1. The van der Waals surface area contributed by atoms with Gasteiger partial charge in [0.25, 0.3) is 0 Å². The molecule has 0 radical (unpaired) electrons. The molecule has 6 atom stereocenters. The fraction of sp³-hybridized carbons (Fsp3) is 0.500. The van der Waals surface area contributed by atoms with E-state index in [9.17, 15) is 29.0 Å². The van der Waals surface area contributed by atoms with Gasteiger partial charge in [0.15, 0.2) is 0 Å². The highest BCUT2D eigenvalue weighted by Crippen LogP contribution is 2.35. The number of phenols is 1. The zero-order valence-corrected chi connectivity index (χ0v) is 23.6. The number of nitrogens with one attached hydrogen (secondary N) is 3. The van der Waals surface area contributed by atoms with Crippen LogP contribution in [0.2, 0.25) is 0 Å². The number of aliphatic hydroxyl groups is 1. The lowest BCUT2D eigenvalue weighted by Gasteiger charge is -2.31. The molecule has 1 aliphatic heterocycles. The van der Waals surface area contributed by atoms with Gasteiger partial charge in [-0.1, -0.05) is 18.2 Å². The molecule has 1 heterocycles. The first-order valence-electron chi connectivity index (χ1n) is 14.0. The molecule has 0 saturated heterocycles. The van der Waals surface area contributed by atoms with E-state index in [1.54, 1.807) is 37.3 Å². The third kappa shape index (κ3) is 7.74. The highest BCUT2D eigenvalue weighted by atomic mass is 19.1. The molecule has 3 amide bonds. The van der Waals surface area contributed by atoms with Crippen molar-refractivity contribution in [1.29, 1.82) is 0 Å². The summed E-state index contributed by atoms with van der Waals surface area (Å²) in [5.74, 6) is -1.43. The van der Waals surface area contributed by atoms with Crippen molar-refractivity contribution >= 4 is 17.7 Å². The van der Waals surface area contributed by atoms with Gasteiger partial charge < -0.3 is 35.8 Å². The van der Waals surface area contributed by atoms with Gasteiger partial charge in [0.1, 0.15) is 35.5 Å². The average molecular weight is 571 g/mol. The van der Waals surface area contributed by atoms with Crippen LogP contribution in [0.1, 0.15) is 37.8 Å². The van der Waals surface area contributed by atoms with Crippen molar-refractivity contribution in [3.8, 4) is 11.5 Å². The molecule has 5 N–H and O–H groups in total. The smallest absolute Gasteiger partial charge is 0.243 e. The molecule has 1 fully saturated rings. The zero-order valence-electron chi connectivity index (χ0n) is 23.6. The van der Waals surface area contributed by atoms with E-state index in [0.717, 1.165) is 0 Å². The van der Waals surface area contributed by atoms with E-state index in [-0.39, 0.29) is 36.6 Å². The fourth-order valence-corrected chi connectivity index (χ4v) is 4.99. The molecule has 41 heavy (non-hydrogen) atoms. The van der Waals surface area contributed by atoms with Gasteiger partial charge >= 0.3 is 0 Å². The Morgan fingerprint density at radius 1 is 1.07 bits per heavy atom. The van der Waals surface area contributed by atoms with Crippen LogP contribution in [0.15, 0.2) is 42.5 Å². The largest absolute Gasteiger partial charge is 0.508 e. The van der Waals surface area contributed by atoms with Gasteiger partial charge in [-0.2, -0.15) is 0 Å². The van der Waals surface area contributed by atoms with Crippen molar-refractivity contribution in [1.82, 2.24) is 20.9 Å². The van der Waals surface area contributed by atoms with E-state index in [1.165, 1.54) is 24.1 Å². The number of nitrogens with zero attached hydrogens (tertiary/aromatic N) is 1. The Morgan fingerprint density at radius 2 is 1.78 bits per heavy atom. The fourth-order valence-electron chi connectivity index (χ4n) is 4.99. The van der Waals surface area contributed by atoms with Gasteiger partial charge in [-0.3, -0.25) is 14.4 Å². The zero-order chi connectivity index (χ0) is 29.7. The maximum Gasteiger partial charge on any atom is 0.243 e. The second-order valence-corrected chi connectivity index (χ2v) is 10.9. The van der Waals surface area contributed by atoms with E-state index < -0.39 is 41.9 Å². The third-order valence-corrected chi connectivity index (χ3v) is 7.76. The number of fused-ring (bicyclic) bond motifs is 1. The number of aliphatic hydroxyl groups excluding tert-OH is 1. The molecule has 2 aromatic carbocycles. The summed E-state index contributed by atoms with van der Waals surface area (Å²) >= 11 is 0. The Balaban J connectivity index is 1.60. The summed E-state index contributed by atoms with van der Waals surface area (Å²) in [6.07, 6.45) is 0.510. The summed E-state index contributed by atoms with van der Waals surface area (Å²) in [5, 5.41) is 29.5. The Bertz CT molecular complexity index is 1240. The lowest BCUT2D eigenvalue weighted by atomic mass is 10.0. The van der Waals surface area contributed by atoms with Crippen molar-refractivity contribution in [2.75, 3.05) is 20.1 Å². The maximum atomic E-state index is 13.5. The van der Waals surface area contributed by atoms with Crippen LogP contribution < -0.4 is 20.7 Å². The second-order valence-electron chi connectivity index (χ2n) is 10.9. The lowest BCUT2D eigenvalue weighted by Crippen LogP contribution is -2.57. The van der Waals surface area contributed by atoms with Crippen LogP contribution in [0.4, 0.5) is 4.39 Å². The number of rotatable bonds is 3. The average Bonchev–Trinajstić information content (AvgIpc) is 3.67. The number of phenolic OH excluding ortho intramolecular Hbond substituents is 1. The molecule has 4 rings (SSSR count). The molecule has 0 bridgehead atoms. The molecule has 1 aliphatic carbocycles.